The monoisotopic (exact) mass is 260 g/mol. The molecule has 0 saturated carbocycles. The Morgan fingerprint density at radius 3 is 3.05 bits per heavy atom. The summed E-state index contributed by atoms with van der Waals surface area (Å²) in [7, 11) is 0. The molecule has 0 saturated heterocycles. The lowest BCUT2D eigenvalue weighted by Crippen LogP contribution is -2.15. The molecule has 100 valence electrons. The van der Waals surface area contributed by atoms with Crippen LogP contribution in [0, 0.1) is 0 Å². The van der Waals surface area contributed by atoms with Crippen LogP contribution in [-0.4, -0.2) is 24.7 Å². The van der Waals surface area contributed by atoms with Crippen LogP contribution in [0.15, 0.2) is 28.8 Å². The number of ether oxygens (including phenoxy) is 2. The van der Waals surface area contributed by atoms with E-state index >= 15 is 0 Å². The molecule has 0 spiro atoms. The van der Waals surface area contributed by atoms with Gasteiger partial charge in [0.15, 0.2) is 17.3 Å². The maximum Gasteiger partial charge on any atom is 0.208 e. The molecule has 1 aliphatic rings. The van der Waals surface area contributed by atoms with E-state index in [1.807, 2.05) is 25.1 Å². The first kappa shape index (κ1) is 12.0. The van der Waals surface area contributed by atoms with Crippen LogP contribution in [-0.2, 0) is 6.54 Å². The molecular formula is C14H16N2O3. The predicted octanol–water partition coefficient (Wildman–Crippen LogP) is 2.22. The Kier molecular flexibility index (Phi) is 3.37. The molecule has 2 heterocycles. The third-order valence-corrected chi connectivity index (χ3v) is 2.91. The summed E-state index contributed by atoms with van der Waals surface area (Å²) in [5.74, 6) is 2.87. The lowest BCUT2D eigenvalue weighted by atomic mass is 10.1. The molecule has 0 amide bonds. The summed E-state index contributed by atoms with van der Waals surface area (Å²) in [6, 6.07) is 5.77. The van der Waals surface area contributed by atoms with Crippen LogP contribution in [0.5, 0.6) is 11.5 Å². The van der Waals surface area contributed by atoms with E-state index in [0.29, 0.717) is 31.4 Å². The topological polar surface area (TPSA) is 56.5 Å². The Labute approximate surface area is 111 Å². The van der Waals surface area contributed by atoms with Crippen molar-refractivity contribution in [3.05, 3.63) is 30.3 Å². The average Bonchev–Trinajstić information content (AvgIpc) is 2.93. The highest BCUT2D eigenvalue weighted by molar-refractivity contribution is 5.69. The molecule has 1 aromatic heterocycles. The van der Waals surface area contributed by atoms with E-state index in [9.17, 15) is 0 Å². The summed E-state index contributed by atoms with van der Waals surface area (Å²) in [5.41, 5.74) is 0.882. The summed E-state index contributed by atoms with van der Waals surface area (Å²) in [5, 5.41) is 3.18. The van der Waals surface area contributed by atoms with Gasteiger partial charge in [-0.25, -0.2) is 4.98 Å². The number of hydrogen-bond acceptors (Lipinski definition) is 5. The van der Waals surface area contributed by atoms with Gasteiger partial charge in [-0.2, -0.15) is 0 Å². The van der Waals surface area contributed by atoms with Crippen LogP contribution in [0.25, 0.3) is 11.3 Å². The van der Waals surface area contributed by atoms with Crippen molar-refractivity contribution < 1.29 is 13.9 Å². The average molecular weight is 260 g/mol. The zero-order chi connectivity index (χ0) is 13.1. The van der Waals surface area contributed by atoms with Gasteiger partial charge in [0.1, 0.15) is 13.2 Å². The Bertz CT molecular complexity index is 566. The standard InChI is InChI=1S/C14H16N2O3/c1-2-15-9-13-16-8-12(19-13)10-4-3-5-11-14(10)18-7-6-17-11/h3-5,8,15H,2,6-7,9H2,1H3. The number of nitrogens with zero attached hydrogens (tertiary/aromatic N) is 1. The summed E-state index contributed by atoms with van der Waals surface area (Å²) in [4.78, 5) is 4.25. The summed E-state index contributed by atoms with van der Waals surface area (Å²) >= 11 is 0. The maximum absolute atomic E-state index is 5.73. The van der Waals surface area contributed by atoms with Crippen LogP contribution in [0.1, 0.15) is 12.8 Å². The van der Waals surface area contributed by atoms with E-state index in [0.717, 1.165) is 23.6 Å². The minimum absolute atomic E-state index is 0.558. The fourth-order valence-electron chi connectivity index (χ4n) is 2.02. The van der Waals surface area contributed by atoms with Gasteiger partial charge in [-0.05, 0) is 18.7 Å². The van der Waals surface area contributed by atoms with E-state index < -0.39 is 0 Å². The molecule has 0 fully saturated rings. The van der Waals surface area contributed by atoms with Crippen molar-refractivity contribution in [2.75, 3.05) is 19.8 Å². The second-order valence-corrected chi connectivity index (χ2v) is 4.23. The number of rotatable bonds is 4. The molecule has 19 heavy (non-hydrogen) atoms. The van der Waals surface area contributed by atoms with Crippen LogP contribution in [0.4, 0.5) is 0 Å². The van der Waals surface area contributed by atoms with Gasteiger partial charge in [-0.3, -0.25) is 0 Å². The van der Waals surface area contributed by atoms with Gasteiger partial charge in [0, 0.05) is 0 Å². The van der Waals surface area contributed by atoms with Gasteiger partial charge in [0.25, 0.3) is 0 Å². The number of para-hydroxylation sites is 1. The van der Waals surface area contributed by atoms with Gasteiger partial charge in [-0.15, -0.1) is 0 Å². The van der Waals surface area contributed by atoms with Crippen LogP contribution in [0.2, 0.25) is 0 Å². The van der Waals surface area contributed by atoms with Crippen molar-refractivity contribution >= 4 is 0 Å². The van der Waals surface area contributed by atoms with E-state index in [4.69, 9.17) is 13.9 Å². The number of hydrogen-bond donors (Lipinski definition) is 1. The number of fused-ring (bicyclic) bond motifs is 1. The minimum Gasteiger partial charge on any atom is -0.486 e. The van der Waals surface area contributed by atoms with Crippen LogP contribution in [0.3, 0.4) is 0 Å². The highest BCUT2D eigenvalue weighted by Crippen LogP contribution is 2.39. The smallest absolute Gasteiger partial charge is 0.208 e. The first-order valence-corrected chi connectivity index (χ1v) is 6.43. The molecule has 0 bridgehead atoms. The van der Waals surface area contributed by atoms with Gasteiger partial charge >= 0.3 is 0 Å². The summed E-state index contributed by atoms with van der Waals surface area (Å²) in [6.45, 7) is 4.70. The third-order valence-electron chi connectivity index (χ3n) is 2.91. The molecule has 0 unspecified atom stereocenters. The first-order valence-electron chi connectivity index (χ1n) is 6.43. The van der Waals surface area contributed by atoms with Crippen LogP contribution >= 0.6 is 0 Å². The predicted molar refractivity (Wildman–Crippen MR) is 70.3 cm³/mol. The quantitative estimate of drug-likeness (QED) is 0.913. The molecule has 2 aromatic rings. The fourth-order valence-corrected chi connectivity index (χ4v) is 2.02. The molecule has 3 rings (SSSR count). The highest BCUT2D eigenvalue weighted by atomic mass is 16.6. The van der Waals surface area contributed by atoms with E-state index in [-0.39, 0.29) is 0 Å². The minimum atomic E-state index is 0.558. The second kappa shape index (κ2) is 5.32. The summed E-state index contributed by atoms with van der Waals surface area (Å²) < 4.78 is 17.0. The second-order valence-electron chi connectivity index (χ2n) is 4.23. The molecule has 0 aliphatic carbocycles. The van der Waals surface area contributed by atoms with Crippen molar-refractivity contribution in [3.8, 4) is 22.8 Å². The zero-order valence-electron chi connectivity index (χ0n) is 10.8. The van der Waals surface area contributed by atoms with Crippen molar-refractivity contribution in [2.45, 2.75) is 13.5 Å². The lowest BCUT2D eigenvalue weighted by Gasteiger charge is -2.19. The van der Waals surface area contributed by atoms with Crippen LogP contribution < -0.4 is 14.8 Å². The molecule has 1 aliphatic heterocycles. The Balaban J connectivity index is 1.91. The van der Waals surface area contributed by atoms with Gasteiger partial charge in [-0.1, -0.05) is 13.0 Å². The number of nitrogens with one attached hydrogen (secondary N) is 1. The maximum atomic E-state index is 5.73. The number of aromatic nitrogens is 1. The first-order chi connectivity index (χ1) is 9.38. The van der Waals surface area contributed by atoms with E-state index in [1.54, 1.807) is 6.20 Å². The van der Waals surface area contributed by atoms with Gasteiger partial charge in [0.2, 0.25) is 5.89 Å². The SMILES string of the molecule is CCNCc1ncc(-c2cccc3c2OCCO3)o1. The molecule has 0 radical (unpaired) electrons. The fraction of sp³-hybridized carbons (Fsp3) is 0.357. The molecule has 5 heteroatoms. The zero-order valence-corrected chi connectivity index (χ0v) is 10.8. The summed E-state index contributed by atoms with van der Waals surface area (Å²) in [6.07, 6.45) is 1.72. The lowest BCUT2D eigenvalue weighted by molar-refractivity contribution is 0.172. The highest BCUT2D eigenvalue weighted by Gasteiger charge is 2.19. The van der Waals surface area contributed by atoms with E-state index in [2.05, 4.69) is 10.3 Å². The normalized spacial score (nSPS) is 13.5. The van der Waals surface area contributed by atoms with Crippen molar-refractivity contribution in [3.63, 3.8) is 0 Å². The van der Waals surface area contributed by atoms with Gasteiger partial charge in [0.05, 0.1) is 18.3 Å². The Morgan fingerprint density at radius 1 is 1.26 bits per heavy atom. The van der Waals surface area contributed by atoms with Crippen molar-refractivity contribution in [1.82, 2.24) is 10.3 Å². The van der Waals surface area contributed by atoms with Crippen molar-refractivity contribution in [2.24, 2.45) is 0 Å². The molecule has 1 aromatic carbocycles. The Hall–Kier alpha value is -2.01. The molecular weight excluding hydrogens is 244 g/mol. The molecule has 5 nitrogen and oxygen atoms in total. The largest absolute Gasteiger partial charge is 0.486 e. The number of benzene rings is 1. The van der Waals surface area contributed by atoms with Crippen molar-refractivity contribution in [1.29, 1.82) is 0 Å². The third kappa shape index (κ3) is 2.42. The number of oxazole rings is 1. The van der Waals surface area contributed by atoms with E-state index in [1.165, 1.54) is 0 Å². The van der Waals surface area contributed by atoms with Gasteiger partial charge < -0.3 is 19.2 Å². The molecule has 0 atom stereocenters. The molecule has 1 N–H and O–H groups in total. The Morgan fingerprint density at radius 2 is 2.16 bits per heavy atom.